The molecule has 1 aromatic rings. The van der Waals surface area contributed by atoms with Gasteiger partial charge in [-0.2, -0.15) is 5.10 Å². The van der Waals surface area contributed by atoms with Gasteiger partial charge in [0.25, 0.3) is 0 Å². The summed E-state index contributed by atoms with van der Waals surface area (Å²) >= 11 is 0. The number of hydrogen-bond acceptors (Lipinski definition) is 2. The lowest BCUT2D eigenvalue weighted by Crippen LogP contribution is -2.35. The van der Waals surface area contributed by atoms with Crippen LogP contribution in [0.25, 0.3) is 0 Å². The molecule has 0 fully saturated rings. The van der Waals surface area contributed by atoms with Crippen molar-refractivity contribution in [2.45, 2.75) is 85.9 Å². The fraction of sp³-hybridized carbons (Fsp3) is 0.824. The summed E-state index contributed by atoms with van der Waals surface area (Å²) in [7, 11) is 0. The van der Waals surface area contributed by atoms with E-state index in [0.29, 0.717) is 0 Å². The topological polar surface area (TPSA) is 29.9 Å². The van der Waals surface area contributed by atoms with Gasteiger partial charge in [0.2, 0.25) is 0 Å². The van der Waals surface area contributed by atoms with Crippen molar-refractivity contribution in [1.82, 2.24) is 15.1 Å². The van der Waals surface area contributed by atoms with Crippen LogP contribution in [0, 0.1) is 12.8 Å². The van der Waals surface area contributed by atoms with Gasteiger partial charge in [0.1, 0.15) is 0 Å². The molecule has 0 saturated carbocycles. The second-order valence-corrected chi connectivity index (χ2v) is 6.96. The third-order valence-corrected chi connectivity index (χ3v) is 3.99. The molecule has 0 spiro atoms. The molecule has 0 aliphatic carbocycles. The lowest BCUT2D eigenvalue weighted by molar-refractivity contribution is 0.367. The van der Waals surface area contributed by atoms with Crippen molar-refractivity contribution in [2.24, 2.45) is 5.92 Å². The van der Waals surface area contributed by atoms with Crippen LogP contribution in [-0.4, -0.2) is 15.3 Å². The average molecular weight is 279 g/mol. The van der Waals surface area contributed by atoms with E-state index in [4.69, 9.17) is 0 Å². The molecule has 0 amide bonds. The van der Waals surface area contributed by atoms with E-state index in [9.17, 15) is 0 Å². The molecule has 1 aromatic heterocycles. The zero-order valence-corrected chi connectivity index (χ0v) is 14.3. The summed E-state index contributed by atoms with van der Waals surface area (Å²) in [5.74, 6) is 0.761. The van der Waals surface area contributed by atoms with E-state index < -0.39 is 0 Å². The fourth-order valence-corrected chi connectivity index (χ4v) is 2.37. The molecule has 0 bridgehead atoms. The Kier molecular flexibility index (Phi) is 6.74. The second-order valence-electron chi connectivity index (χ2n) is 6.96. The van der Waals surface area contributed by atoms with Gasteiger partial charge in [0, 0.05) is 29.9 Å². The Hall–Kier alpha value is -0.830. The van der Waals surface area contributed by atoms with Gasteiger partial charge in [-0.05, 0) is 40.0 Å². The molecule has 1 rings (SSSR count). The maximum absolute atomic E-state index is 4.59. The molecule has 1 atom stereocenters. The smallest absolute Gasteiger partial charge is 0.0537 e. The number of aromatic nitrogens is 2. The van der Waals surface area contributed by atoms with Crippen LogP contribution in [0.15, 0.2) is 6.20 Å². The van der Waals surface area contributed by atoms with Gasteiger partial charge in [-0.25, -0.2) is 0 Å². The van der Waals surface area contributed by atoms with Crippen molar-refractivity contribution in [1.29, 1.82) is 0 Å². The Balaban J connectivity index is 2.61. The summed E-state index contributed by atoms with van der Waals surface area (Å²) in [6.45, 7) is 15.3. The van der Waals surface area contributed by atoms with Crippen LogP contribution in [0.4, 0.5) is 0 Å². The first-order valence-electron chi connectivity index (χ1n) is 8.13. The summed E-state index contributed by atoms with van der Waals surface area (Å²) in [5.41, 5.74) is 2.80. The first-order chi connectivity index (χ1) is 9.37. The molecule has 0 saturated heterocycles. The lowest BCUT2D eigenvalue weighted by atomic mass is 9.99. The maximum Gasteiger partial charge on any atom is 0.0537 e. The first kappa shape index (κ1) is 17.2. The van der Waals surface area contributed by atoms with E-state index in [2.05, 4.69) is 56.6 Å². The Morgan fingerprint density at radius 3 is 2.55 bits per heavy atom. The van der Waals surface area contributed by atoms with Crippen molar-refractivity contribution in [3.63, 3.8) is 0 Å². The molecule has 1 heterocycles. The summed E-state index contributed by atoms with van der Waals surface area (Å²) in [5, 5.41) is 8.13. The molecule has 116 valence electrons. The number of unbranched alkanes of at least 4 members (excludes halogenated alkanes) is 1. The molecule has 3 heteroatoms. The highest BCUT2D eigenvalue weighted by Crippen LogP contribution is 2.17. The number of nitrogens with one attached hydrogen (secondary N) is 1. The van der Waals surface area contributed by atoms with Gasteiger partial charge in [0.15, 0.2) is 0 Å². The largest absolute Gasteiger partial charge is 0.308 e. The van der Waals surface area contributed by atoms with Crippen LogP contribution in [0.3, 0.4) is 0 Å². The summed E-state index contributed by atoms with van der Waals surface area (Å²) < 4.78 is 2.20. The van der Waals surface area contributed by atoms with Crippen molar-refractivity contribution in [3.05, 3.63) is 17.5 Å². The highest BCUT2D eigenvalue weighted by atomic mass is 15.3. The van der Waals surface area contributed by atoms with E-state index in [1.165, 1.54) is 36.9 Å². The Bertz CT molecular complexity index is 387. The Morgan fingerprint density at radius 1 is 1.30 bits per heavy atom. The van der Waals surface area contributed by atoms with Crippen molar-refractivity contribution >= 4 is 0 Å². The molecule has 20 heavy (non-hydrogen) atoms. The van der Waals surface area contributed by atoms with Crippen molar-refractivity contribution in [2.75, 3.05) is 0 Å². The SMILES string of the molecule is CCCCC(CC)Cn1ncc(CNC(C)(C)C)c1C. The van der Waals surface area contributed by atoms with Gasteiger partial charge in [-0.15, -0.1) is 0 Å². The minimum Gasteiger partial charge on any atom is -0.308 e. The van der Waals surface area contributed by atoms with Gasteiger partial charge < -0.3 is 5.32 Å². The van der Waals surface area contributed by atoms with Crippen molar-refractivity contribution < 1.29 is 0 Å². The molecular formula is C17H33N3. The summed E-state index contributed by atoms with van der Waals surface area (Å²) in [6, 6.07) is 0. The third kappa shape index (κ3) is 5.66. The van der Waals surface area contributed by atoms with Gasteiger partial charge >= 0.3 is 0 Å². The quantitative estimate of drug-likeness (QED) is 0.769. The van der Waals surface area contributed by atoms with Gasteiger partial charge in [-0.1, -0.05) is 33.1 Å². The van der Waals surface area contributed by atoms with Crippen LogP contribution in [-0.2, 0) is 13.1 Å². The molecule has 0 aromatic carbocycles. The monoisotopic (exact) mass is 279 g/mol. The van der Waals surface area contributed by atoms with Crippen LogP contribution < -0.4 is 5.32 Å². The number of nitrogens with zero attached hydrogens (tertiary/aromatic N) is 2. The Morgan fingerprint density at radius 2 is 2.00 bits per heavy atom. The zero-order chi connectivity index (χ0) is 15.2. The molecule has 1 N–H and O–H groups in total. The van der Waals surface area contributed by atoms with E-state index in [1.54, 1.807) is 0 Å². The minimum absolute atomic E-state index is 0.154. The van der Waals surface area contributed by atoms with Crippen molar-refractivity contribution in [3.8, 4) is 0 Å². The first-order valence-corrected chi connectivity index (χ1v) is 8.13. The fourth-order valence-electron chi connectivity index (χ4n) is 2.37. The minimum atomic E-state index is 0.154. The highest BCUT2D eigenvalue weighted by Gasteiger charge is 2.14. The van der Waals surface area contributed by atoms with E-state index >= 15 is 0 Å². The maximum atomic E-state index is 4.59. The molecule has 1 unspecified atom stereocenters. The van der Waals surface area contributed by atoms with Gasteiger partial charge in [-0.3, -0.25) is 4.68 Å². The molecule has 0 aliphatic heterocycles. The molecule has 0 aliphatic rings. The predicted octanol–water partition coefficient (Wildman–Crippen LogP) is 4.30. The summed E-state index contributed by atoms with van der Waals surface area (Å²) in [4.78, 5) is 0. The van der Waals surface area contributed by atoms with Crippen LogP contribution in [0.2, 0.25) is 0 Å². The Labute approximate surface area is 125 Å². The zero-order valence-electron chi connectivity index (χ0n) is 14.3. The van der Waals surface area contributed by atoms with E-state index in [0.717, 1.165) is 19.0 Å². The van der Waals surface area contributed by atoms with E-state index in [-0.39, 0.29) is 5.54 Å². The second kappa shape index (κ2) is 7.82. The van der Waals surface area contributed by atoms with Crippen LogP contribution in [0.5, 0.6) is 0 Å². The third-order valence-electron chi connectivity index (χ3n) is 3.99. The predicted molar refractivity (Wildman–Crippen MR) is 86.9 cm³/mol. The molecule has 3 nitrogen and oxygen atoms in total. The summed E-state index contributed by atoms with van der Waals surface area (Å²) in [6.07, 6.45) is 7.21. The molecule has 0 radical (unpaired) electrons. The van der Waals surface area contributed by atoms with Crippen LogP contribution in [0.1, 0.15) is 71.6 Å². The molecular weight excluding hydrogens is 246 g/mol. The average Bonchev–Trinajstić information content (AvgIpc) is 2.72. The standard InChI is InChI=1S/C17H33N3/c1-7-9-10-15(8-2)13-20-14(3)16(12-19-20)11-18-17(4,5)6/h12,15,18H,7-11,13H2,1-6H3. The number of rotatable bonds is 8. The van der Waals surface area contributed by atoms with Gasteiger partial charge in [0.05, 0.1) is 6.20 Å². The van der Waals surface area contributed by atoms with Crippen LogP contribution >= 0.6 is 0 Å². The highest BCUT2D eigenvalue weighted by molar-refractivity contribution is 5.16. The lowest BCUT2D eigenvalue weighted by Gasteiger charge is -2.20. The normalized spacial score (nSPS) is 13.7. The van der Waals surface area contributed by atoms with E-state index in [1.807, 2.05) is 6.20 Å². The number of hydrogen-bond donors (Lipinski definition) is 1.